The van der Waals surface area contributed by atoms with Crippen LogP contribution < -0.4 is 0 Å². The van der Waals surface area contributed by atoms with Gasteiger partial charge in [0, 0.05) is 6.42 Å². The van der Waals surface area contributed by atoms with Gasteiger partial charge in [0.25, 0.3) is 0 Å². The molecule has 3 fully saturated rings. The fourth-order valence-electron chi connectivity index (χ4n) is 7.96. The van der Waals surface area contributed by atoms with Crippen LogP contribution in [-0.4, -0.2) is 34.3 Å². The minimum atomic E-state index is -4.97. The number of alkyl halides is 6. The van der Waals surface area contributed by atoms with E-state index >= 15 is 0 Å². The summed E-state index contributed by atoms with van der Waals surface area (Å²) in [6, 6.07) is 0. The molecule has 3 aliphatic rings. The van der Waals surface area contributed by atoms with Crippen molar-refractivity contribution in [3.8, 4) is 0 Å². The van der Waals surface area contributed by atoms with Crippen molar-refractivity contribution in [2.45, 2.75) is 110 Å². The SMILES string of the molecule is CC1CC(CCC(C)(OC(C)(C)CC(C)(O)C(F)(F)F)C(F)(F)F)C2C3CC(C(C)C3C)C12. The minimum absolute atomic E-state index is 0.182. The standard InChI is InChI=1S/C25H40F6O2/c1-13-10-16(20-18-11-17(19(13)20)14(2)15(18)3)8-9-23(7,25(29,30)31)33-21(4,5)12-22(6,32)24(26,27)28/h13-20,32H,8-12H2,1-7H3. The van der Waals surface area contributed by atoms with Gasteiger partial charge < -0.3 is 9.84 Å². The first kappa shape index (κ1) is 27.1. The summed E-state index contributed by atoms with van der Waals surface area (Å²) < 4.78 is 87.4. The first-order valence-electron chi connectivity index (χ1n) is 12.3. The molecular formula is C25H40F6O2. The summed E-state index contributed by atoms with van der Waals surface area (Å²) in [5.74, 6) is 4.13. The zero-order valence-electron chi connectivity index (χ0n) is 20.8. The third kappa shape index (κ3) is 4.81. The quantitative estimate of drug-likeness (QED) is 0.380. The topological polar surface area (TPSA) is 29.5 Å². The third-order valence-corrected chi connectivity index (χ3v) is 9.51. The molecule has 0 spiro atoms. The third-order valence-electron chi connectivity index (χ3n) is 9.51. The zero-order valence-corrected chi connectivity index (χ0v) is 20.8. The van der Waals surface area contributed by atoms with Gasteiger partial charge in [-0.05, 0) is 101 Å². The zero-order chi connectivity index (χ0) is 25.4. The lowest BCUT2D eigenvalue weighted by Gasteiger charge is -2.43. The summed E-state index contributed by atoms with van der Waals surface area (Å²) in [5, 5.41) is 9.84. The highest BCUT2D eigenvalue weighted by molar-refractivity contribution is 5.09. The predicted octanol–water partition coefficient (Wildman–Crippen LogP) is 7.40. The Morgan fingerprint density at radius 3 is 1.79 bits per heavy atom. The second-order valence-corrected chi connectivity index (χ2v) is 12.5. The Balaban J connectivity index is 1.74. The number of rotatable bonds is 7. The van der Waals surface area contributed by atoms with Crippen molar-refractivity contribution in [1.82, 2.24) is 0 Å². The lowest BCUT2D eigenvalue weighted by atomic mass is 9.67. The van der Waals surface area contributed by atoms with E-state index in [-0.39, 0.29) is 12.3 Å². The Labute approximate surface area is 193 Å². The van der Waals surface area contributed by atoms with Crippen LogP contribution in [0.5, 0.6) is 0 Å². The van der Waals surface area contributed by atoms with Crippen LogP contribution in [0.1, 0.15) is 80.6 Å². The fourth-order valence-corrected chi connectivity index (χ4v) is 7.96. The van der Waals surface area contributed by atoms with E-state index in [4.69, 9.17) is 4.74 Å². The van der Waals surface area contributed by atoms with E-state index in [9.17, 15) is 31.4 Å². The Kier molecular flexibility index (Phi) is 6.80. The molecule has 8 heteroatoms. The molecule has 33 heavy (non-hydrogen) atoms. The van der Waals surface area contributed by atoms with E-state index in [1.165, 1.54) is 20.3 Å². The molecule has 10 atom stereocenters. The summed E-state index contributed by atoms with van der Waals surface area (Å²) in [5.41, 5.74) is -7.56. The molecule has 0 amide bonds. The number of hydrogen-bond acceptors (Lipinski definition) is 2. The molecule has 3 rings (SSSR count). The maximum Gasteiger partial charge on any atom is 0.417 e. The molecule has 0 aromatic carbocycles. The molecule has 0 aliphatic heterocycles. The average Bonchev–Trinajstić information content (AvgIpc) is 3.22. The monoisotopic (exact) mass is 486 g/mol. The van der Waals surface area contributed by atoms with Gasteiger partial charge in [0.2, 0.25) is 0 Å². The highest BCUT2D eigenvalue weighted by Crippen LogP contribution is 2.67. The average molecular weight is 487 g/mol. The van der Waals surface area contributed by atoms with Crippen molar-refractivity contribution in [3.63, 3.8) is 0 Å². The number of ether oxygens (including phenoxy) is 1. The van der Waals surface area contributed by atoms with Crippen molar-refractivity contribution in [2.24, 2.45) is 47.3 Å². The molecule has 0 aromatic rings. The van der Waals surface area contributed by atoms with Gasteiger partial charge in [-0.1, -0.05) is 20.8 Å². The maximum atomic E-state index is 14.2. The number of halogens is 6. The van der Waals surface area contributed by atoms with Crippen LogP contribution >= 0.6 is 0 Å². The number of aliphatic hydroxyl groups is 1. The largest absolute Gasteiger partial charge is 0.417 e. The van der Waals surface area contributed by atoms with E-state index in [1.54, 1.807) is 0 Å². The molecule has 0 radical (unpaired) electrons. The lowest BCUT2D eigenvalue weighted by Crippen LogP contribution is -2.54. The van der Waals surface area contributed by atoms with E-state index in [0.29, 0.717) is 54.8 Å². The van der Waals surface area contributed by atoms with Crippen LogP contribution in [-0.2, 0) is 4.74 Å². The van der Waals surface area contributed by atoms with Crippen LogP contribution in [0.3, 0.4) is 0 Å². The van der Waals surface area contributed by atoms with Crippen molar-refractivity contribution in [2.75, 3.05) is 0 Å². The van der Waals surface area contributed by atoms with Gasteiger partial charge in [-0.3, -0.25) is 0 Å². The smallest absolute Gasteiger partial charge is 0.381 e. The molecule has 3 saturated carbocycles. The Hall–Kier alpha value is -0.500. The highest BCUT2D eigenvalue weighted by atomic mass is 19.4. The summed E-state index contributed by atoms with van der Waals surface area (Å²) in [6.45, 7) is 10.7. The van der Waals surface area contributed by atoms with E-state index < -0.39 is 35.6 Å². The van der Waals surface area contributed by atoms with Gasteiger partial charge in [-0.2, -0.15) is 26.3 Å². The second kappa shape index (κ2) is 8.28. The van der Waals surface area contributed by atoms with Crippen molar-refractivity contribution in [3.05, 3.63) is 0 Å². The van der Waals surface area contributed by atoms with Gasteiger partial charge in [0.15, 0.2) is 11.2 Å². The van der Waals surface area contributed by atoms with E-state index in [1.807, 2.05) is 0 Å². The molecule has 0 saturated heterocycles. The molecular weight excluding hydrogens is 446 g/mol. The first-order chi connectivity index (χ1) is 14.7. The molecule has 3 aliphatic carbocycles. The summed E-state index contributed by atoms with van der Waals surface area (Å²) in [4.78, 5) is 0. The van der Waals surface area contributed by atoms with Crippen molar-refractivity contribution in [1.29, 1.82) is 0 Å². The van der Waals surface area contributed by atoms with Gasteiger partial charge >= 0.3 is 12.4 Å². The Morgan fingerprint density at radius 1 is 0.788 bits per heavy atom. The fraction of sp³-hybridized carbons (Fsp3) is 1.00. The van der Waals surface area contributed by atoms with Gasteiger partial charge in [0.05, 0.1) is 5.60 Å². The van der Waals surface area contributed by atoms with Crippen LogP contribution in [0.4, 0.5) is 26.3 Å². The number of hydrogen-bond donors (Lipinski definition) is 1. The van der Waals surface area contributed by atoms with E-state index in [0.717, 1.165) is 13.3 Å². The molecule has 10 unspecified atom stereocenters. The Morgan fingerprint density at radius 2 is 1.30 bits per heavy atom. The normalized spacial score (nSPS) is 40.5. The molecule has 1 N–H and O–H groups in total. The predicted molar refractivity (Wildman–Crippen MR) is 114 cm³/mol. The summed E-state index contributed by atoms with van der Waals surface area (Å²) in [7, 11) is 0. The highest BCUT2D eigenvalue weighted by Gasteiger charge is 2.62. The lowest BCUT2D eigenvalue weighted by molar-refractivity contribution is -0.320. The van der Waals surface area contributed by atoms with Gasteiger partial charge in [0.1, 0.15) is 0 Å². The van der Waals surface area contributed by atoms with Crippen molar-refractivity contribution < 1.29 is 36.2 Å². The molecule has 0 heterocycles. The molecule has 2 nitrogen and oxygen atoms in total. The van der Waals surface area contributed by atoms with Crippen LogP contribution in [0.15, 0.2) is 0 Å². The minimum Gasteiger partial charge on any atom is -0.381 e. The second-order valence-electron chi connectivity index (χ2n) is 12.5. The molecule has 2 bridgehead atoms. The van der Waals surface area contributed by atoms with Crippen LogP contribution in [0.2, 0.25) is 0 Å². The van der Waals surface area contributed by atoms with Gasteiger partial charge in [-0.15, -0.1) is 0 Å². The van der Waals surface area contributed by atoms with Crippen LogP contribution in [0.25, 0.3) is 0 Å². The molecule has 194 valence electrons. The van der Waals surface area contributed by atoms with E-state index in [2.05, 4.69) is 20.8 Å². The first-order valence-corrected chi connectivity index (χ1v) is 12.3. The summed E-state index contributed by atoms with van der Waals surface area (Å²) in [6.07, 6.45) is -8.57. The van der Waals surface area contributed by atoms with Crippen LogP contribution in [0, 0.1) is 47.3 Å². The Bertz CT molecular complexity index is 715. The summed E-state index contributed by atoms with van der Waals surface area (Å²) >= 11 is 0. The maximum absolute atomic E-state index is 14.2. The number of fused-ring (bicyclic) bond motifs is 5. The van der Waals surface area contributed by atoms with Gasteiger partial charge in [-0.25, -0.2) is 0 Å². The van der Waals surface area contributed by atoms with Crippen molar-refractivity contribution >= 4 is 0 Å². The molecule has 0 aromatic heterocycles.